The summed E-state index contributed by atoms with van der Waals surface area (Å²) in [7, 11) is -5.43. The zero-order valence-electron chi connectivity index (χ0n) is 23.6. The topological polar surface area (TPSA) is 121 Å². The van der Waals surface area contributed by atoms with Gasteiger partial charge in [0.25, 0.3) is 0 Å². The van der Waals surface area contributed by atoms with Crippen LogP contribution in [0.15, 0.2) is 141 Å². The van der Waals surface area contributed by atoms with Gasteiger partial charge in [0, 0.05) is 0 Å². The highest BCUT2D eigenvalue weighted by molar-refractivity contribution is 7.91. The Hall–Kier alpha value is -5.06. The summed E-state index contributed by atoms with van der Waals surface area (Å²) in [6.07, 6.45) is 0. The largest absolute Gasteiger partial charge is 0.465 e. The van der Waals surface area contributed by atoms with Crippen molar-refractivity contribution in [1.29, 1.82) is 0 Å². The van der Waals surface area contributed by atoms with Gasteiger partial charge in [0.05, 0.1) is 44.9 Å². The molecule has 0 bridgehead atoms. The van der Waals surface area contributed by atoms with Gasteiger partial charge in [-0.2, -0.15) is 0 Å². The molecular formula is C34H26O8S2. The molecule has 0 unspecified atom stereocenters. The van der Waals surface area contributed by atoms with E-state index in [0.29, 0.717) is 22.3 Å². The Morgan fingerprint density at radius 2 is 0.841 bits per heavy atom. The van der Waals surface area contributed by atoms with E-state index in [2.05, 4.69) is 0 Å². The van der Waals surface area contributed by atoms with Gasteiger partial charge in [-0.05, 0) is 76.9 Å². The third-order valence-electron chi connectivity index (χ3n) is 7.00. The van der Waals surface area contributed by atoms with Gasteiger partial charge in [-0.15, -0.1) is 0 Å². The SMILES string of the molecule is COC(=O)c1cc(S(=O)(=O)c2ccccc2)ccc1-c1cccc(-c2ccc(S(=O)(=O)c3ccccc3)cc2C(=O)OC)c1. The molecule has 0 aliphatic carbocycles. The van der Waals surface area contributed by atoms with Gasteiger partial charge in [-0.25, -0.2) is 26.4 Å². The Morgan fingerprint density at radius 1 is 0.455 bits per heavy atom. The first-order chi connectivity index (χ1) is 21.1. The second-order valence-electron chi connectivity index (χ2n) is 9.61. The fourth-order valence-corrected chi connectivity index (χ4v) is 7.38. The Balaban J connectivity index is 1.62. The van der Waals surface area contributed by atoms with Crippen LogP contribution in [0.4, 0.5) is 0 Å². The molecular weight excluding hydrogens is 601 g/mol. The van der Waals surface area contributed by atoms with Gasteiger partial charge in [-0.3, -0.25) is 0 Å². The van der Waals surface area contributed by atoms with Gasteiger partial charge in [-0.1, -0.05) is 66.7 Å². The number of carbonyl (C=O) groups excluding carboxylic acids is 2. The Bertz CT molecular complexity index is 1940. The number of sulfone groups is 2. The average Bonchev–Trinajstić information content (AvgIpc) is 3.07. The summed E-state index contributed by atoms with van der Waals surface area (Å²) in [6.45, 7) is 0. The molecule has 5 aromatic carbocycles. The first-order valence-corrected chi connectivity index (χ1v) is 16.2. The first kappa shape index (κ1) is 30.4. The van der Waals surface area contributed by atoms with Gasteiger partial charge < -0.3 is 9.47 Å². The van der Waals surface area contributed by atoms with Crippen LogP contribution in [0, 0.1) is 0 Å². The Morgan fingerprint density at radius 3 is 1.20 bits per heavy atom. The molecule has 0 atom stereocenters. The lowest BCUT2D eigenvalue weighted by Crippen LogP contribution is -2.08. The Kier molecular flexibility index (Phi) is 8.48. The molecule has 0 spiro atoms. The summed E-state index contributed by atoms with van der Waals surface area (Å²) in [4.78, 5) is 25.8. The lowest BCUT2D eigenvalue weighted by Gasteiger charge is -2.14. The normalized spacial score (nSPS) is 11.5. The van der Waals surface area contributed by atoms with Crippen molar-refractivity contribution < 1.29 is 35.9 Å². The van der Waals surface area contributed by atoms with Crippen LogP contribution in [0.5, 0.6) is 0 Å². The molecule has 5 rings (SSSR count). The van der Waals surface area contributed by atoms with Crippen molar-refractivity contribution in [3.8, 4) is 22.3 Å². The van der Waals surface area contributed by atoms with Crippen LogP contribution in [0.25, 0.3) is 22.3 Å². The molecule has 0 amide bonds. The second-order valence-corrected chi connectivity index (χ2v) is 13.5. The molecule has 0 radical (unpaired) electrons. The van der Waals surface area contributed by atoms with Crippen molar-refractivity contribution in [2.75, 3.05) is 14.2 Å². The smallest absolute Gasteiger partial charge is 0.338 e. The molecule has 0 N–H and O–H groups in total. The van der Waals surface area contributed by atoms with E-state index >= 15 is 0 Å². The monoisotopic (exact) mass is 626 g/mol. The van der Waals surface area contributed by atoms with Crippen molar-refractivity contribution in [3.63, 3.8) is 0 Å². The van der Waals surface area contributed by atoms with Crippen molar-refractivity contribution in [1.82, 2.24) is 0 Å². The summed E-state index contributed by atoms with van der Waals surface area (Å²) >= 11 is 0. The van der Waals surface area contributed by atoms with Crippen LogP contribution in [0.1, 0.15) is 20.7 Å². The van der Waals surface area contributed by atoms with E-state index in [1.165, 1.54) is 74.9 Å². The lowest BCUT2D eigenvalue weighted by atomic mass is 9.94. The van der Waals surface area contributed by atoms with Gasteiger partial charge in [0.2, 0.25) is 19.7 Å². The molecule has 222 valence electrons. The van der Waals surface area contributed by atoms with E-state index in [0.717, 1.165) is 0 Å². The fourth-order valence-electron chi connectivity index (χ4n) is 4.77. The zero-order chi connectivity index (χ0) is 31.5. The van der Waals surface area contributed by atoms with Crippen molar-refractivity contribution in [2.45, 2.75) is 19.6 Å². The number of benzene rings is 5. The van der Waals surface area contributed by atoms with Crippen LogP contribution in [0.3, 0.4) is 0 Å². The predicted molar refractivity (Wildman–Crippen MR) is 164 cm³/mol. The maximum atomic E-state index is 13.3. The fraction of sp³-hybridized carbons (Fsp3) is 0.0588. The number of esters is 2. The number of hydrogen-bond acceptors (Lipinski definition) is 8. The summed E-state index contributed by atoms with van der Waals surface area (Å²) in [6, 6.07) is 31.0. The number of rotatable bonds is 8. The first-order valence-electron chi connectivity index (χ1n) is 13.2. The molecule has 10 heteroatoms. The zero-order valence-corrected chi connectivity index (χ0v) is 25.3. The van der Waals surface area contributed by atoms with Crippen LogP contribution in [0.2, 0.25) is 0 Å². The maximum absolute atomic E-state index is 13.3. The van der Waals surface area contributed by atoms with Crippen molar-refractivity contribution >= 4 is 31.6 Å². The lowest BCUT2D eigenvalue weighted by molar-refractivity contribution is 0.0592. The van der Waals surface area contributed by atoms with Crippen molar-refractivity contribution in [2.24, 2.45) is 0 Å². The molecule has 0 aromatic heterocycles. The van der Waals surface area contributed by atoms with Crippen LogP contribution >= 0.6 is 0 Å². The maximum Gasteiger partial charge on any atom is 0.338 e. The Labute approximate surface area is 255 Å². The summed E-state index contributed by atoms with van der Waals surface area (Å²) < 4.78 is 63.0. The molecule has 0 saturated heterocycles. The molecule has 8 nitrogen and oxygen atoms in total. The highest BCUT2D eigenvalue weighted by atomic mass is 32.2. The number of hydrogen-bond donors (Lipinski definition) is 0. The van der Waals surface area contributed by atoms with E-state index in [-0.39, 0.29) is 30.7 Å². The van der Waals surface area contributed by atoms with Crippen molar-refractivity contribution in [3.05, 3.63) is 132 Å². The second kappa shape index (κ2) is 12.3. The minimum absolute atomic E-state index is 0.0270. The molecule has 0 heterocycles. The molecule has 0 aliphatic rings. The average molecular weight is 627 g/mol. The third-order valence-corrected chi connectivity index (χ3v) is 10.5. The number of methoxy groups -OCH3 is 2. The predicted octanol–water partition coefficient (Wildman–Crippen LogP) is 6.26. The quantitative estimate of drug-likeness (QED) is 0.185. The highest BCUT2D eigenvalue weighted by Gasteiger charge is 2.24. The number of ether oxygens (including phenoxy) is 2. The van der Waals surface area contributed by atoms with E-state index in [1.54, 1.807) is 60.7 Å². The van der Waals surface area contributed by atoms with Gasteiger partial charge in [0.1, 0.15) is 0 Å². The van der Waals surface area contributed by atoms with E-state index in [1.807, 2.05) is 0 Å². The minimum Gasteiger partial charge on any atom is -0.465 e. The molecule has 5 aromatic rings. The molecule has 0 saturated carbocycles. The summed E-state index contributed by atoms with van der Waals surface area (Å²) in [5.41, 5.74) is 1.91. The van der Waals surface area contributed by atoms with Crippen LogP contribution in [-0.2, 0) is 29.1 Å². The molecule has 44 heavy (non-hydrogen) atoms. The minimum atomic E-state index is -3.92. The molecule has 0 fully saturated rings. The number of carbonyl (C=O) groups is 2. The van der Waals surface area contributed by atoms with Crippen LogP contribution < -0.4 is 0 Å². The highest BCUT2D eigenvalue weighted by Crippen LogP contribution is 2.34. The van der Waals surface area contributed by atoms with Gasteiger partial charge >= 0.3 is 11.9 Å². The third kappa shape index (κ3) is 5.77. The van der Waals surface area contributed by atoms with Gasteiger partial charge in [0.15, 0.2) is 0 Å². The standard InChI is InChI=1S/C34H26O8S2/c1-41-33(35)31-21-27(43(37,38)25-12-5-3-6-13-25)16-18-29(31)23-10-9-11-24(20-23)30-19-17-28(22-32(30)34(36)42-2)44(39,40)26-14-7-4-8-15-26/h3-22H,1-2H3. The molecule has 0 aliphatic heterocycles. The summed E-state index contributed by atoms with van der Waals surface area (Å²) in [5, 5.41) is 0. The van der Waals surface area contributed by atoms with E-state index < -0.39 is 31.6 Å². The summed E-state index contributed by atoms with van der Waals surface area (Å²) in [5.74, 6) is -1.47. The van der Waals surface area contributed by atoms with E-state index in [9.17, 15) is 26.4 Å². The van der Waals surface area contributed by atoms with E-state index in [4.69, 9.17) is 9.47 Å². The van der Waals surface area contributed by atoms with Crippen LogP contribution in [-0.4, -0.2) is 43.0 Å².